The largest absolute Gasteiger partial charge is 0.437 e. The second kappa shape index (κ2) is 3.04. The van der Waals surface area contributed by atoms with Gasteiger partial charge in [-0.25, -0.2) is 0 Å². The number of allylic oxidation sites excluding steroid dienone is 4. The molecule has 1 aliphatic carbocycles. The van der Waals surface area contributed by atoms with Gasteiger partial charge in [0.15, 0.2) is 0 Å². The molecule has 0 atom stereocenters. The van der Waals surface area contributed by atoms with E-state index in [1.807, 2.05) is 0 Å². The fourth-order valence-corrected chi connectivity index (χ4v) is 0.665. The summed E-state index contributed by atoms with van der Waals surface area (Å²) in [5, 5.41) is 0. The van der Waals surface area contributed by atoms with E-state index in [0.717, 1.165) is 11.5 Å². The third-order valence-electron chi connectivity index (χ3n) is 1.21. The molecular weight excluding hydrogens is 128 g/mol. The molecule has 0 heterocycles. The fourth-order valence-electron chi connectivity index (χ4n) is 0.665. The van der Waals surface area contributed by atoms with Crippen molar-refractivity contribution in [2.75, 3.05) is 14.2 Å². The Hall–Kier alpha value is -1.27. The molecule has 0 aromatic carbocycles. The van der Waals surface area contributed by atoms with Crippen molar-refractivity contribution in [2.24, 2.45) is 0 Å². The van der Waals surface area contributed by atoms with Gasteiger partial charge in [0.2, 0.25) is 11.5 Å². The highest BCUT2D eigenvalue weighted by molar-refractivity contribution is 5.29. The maximum Gasteiger partial charge on any atom is 0.237 e. The molecule has 0 bridgehead atoms. The maximum absolute atomic E-state index is 4.95. The van der Waals surface area contributed by atoms with Crippen LogP contribution in [0.2, 0.25) is 0 Å². The normalized spacial score (nSPS) is 15.0. The lowest BCUT2D eigenvalue weighted by atomic mass is 10.2. The van der Waals surface area contributed by atoms with Crippen LogP contribution in [0.1, 0.15) is 0 Å². The smallest absolute Gasteiger partial charge is 0.237 e. The summed E-state index contributed by atoms with van der Waals surface area (Å²) in [6.07, 6.45) is 8.19. The zero-order valence-corrected chi connectivity index (χ0v) is 6.05. The number of ether oxygens (including phenoxy) is 2. The lowest BCUT2D eigenvalue weighted by Crippen LogP contribution is -1.90. The fraction of sp³-hybridized carbons (Fsp3) is 0.250. The second-order valence-corrected chi connectivity index (χ2v) is 1.81. The molecular formula is C8H9O2+. The Morgan fingerprint density at radius 3 is 2.50 bits per heavy atom. The van der Waals surface area contributed by atoms with Gasteiger partial charge in [-0.1, -0.05) is 0 Å². The molecule has 2 nitrogen and oxygen atoms in total. The van der Waals surface area contributed by atoms with E-state index in [2.05, 4.69) is 6.08 Å². The van der Waals surface area contributed by atoms with Crippen LogP contribution in [-0.4, -0.2) is 14.2 Å². The van der Waals surface area contributed by atoms with Crippen molar-refractivity contribution >= 4 is 0 Å². The van der Waals surface area contributed by atoms with Crippen molar-refractivity contribution in [1.82, 2.24) is 0 Å². The lowest BCUT2D eigenvalue weighted by Gasteiger charge is -1.96. The summed E-state index contributed by atoms with van der Waals surface area (Å²) in [5.74, 6) is 1.53. The minimum absolute atomic E-state index is 0.763. The molecule has 0 spiro atoms. The third-order valence-corrected chi connectivity index (χ3v) is 1.21. The first-order valence-electron chi connectivity index (χ1n) is 2.96. The van der Waals surface area contributed by atoms with Crippen molar-refractivity contribution in [3.05, 3.63) is 35.8 Å². The summed E-state index contributed by atoms with van der Waals surface area (Å²) in [6.45, 7) is 0. The van der Waals surface area contributed by atoms with Gasteiger partial charge in [0.25, 0.3) is 0 Å². The molecule has 0 fully saturated rings. The van der Waals surface area contributed by atoms with Gasteiger partial charge in [0.1, 0.15) is 18.2 Å². The van der Waals surface area contributed by atoms with E-state index in [1.165, 1.54) is 0 Å². The SMILES string of the molecule is COC1=C[C+]=CC(OC)=C1. The Labute approximate surface area is 60.4 Å². The highest BCUT2D eigenvalue weighted by Gasteiger charge is 2.09. The van der Waals surface area contributed by atoms with E-state index in [1.54, 1.807) is 32.4 Å². The van der Waals surface area contributed by atoms with Crippen LogP contribution in [0.5, 0.6) is 0 Å². The maximum atomic E-state index is 4.95. The molecule has 0 aromatic rings. The van der Waals surface area contributed by atoms with Crippen molar-refractivity contribution in [3.63, 3.8) is 0 Å². The lowest BCUT2D eigenvalue weighted by molar-refractivity contribution is 0.282. The number of hydrogen-bond acceptors (Lipinski definition) is 2. The topological polar surface area (TPSA) is 18.5 Å². The van der Waals surface area contributed by atoms with Gasteiger partial charge in [-0.15, -0.1) is 0 Å². The highest BCUT2D eigenvalue weighted by atomic mass is 16.5. The first-order chi connectivity index (χ1) is 4.86. The van der Waals surface area contributed by atoms with Crippen LogP contribution >= 0.6 is 0 Å². The van der Waals surface area contributed by atoms with Gasteiger partial charge >= 0.3 is 0 Å². The van der Waals surface area contributed by atoms with Gasteiger partial charge in [-0.2, -0.15) is 0 Å². The molecule has 1 aliphatic rings. The Bertz CT molecular complexity index is 195. The molecule has 0 radical (unpaired) electrons. The van der Waals surface area contributed by atoms with E-state index in [9.17, 15) is 0 Å². The number of hydrogen-bond donors (Lipinski definition) is 0. The monoisotopic (exact) mass is 137 g/mol. The van der Waals surface area contributed by atoms with Crippen LogP contribution in [0.3, 0.4) is 0 Å². The molecule has 0 saturated heterocycles. The Kier molecular flexibility index (Phi) is 2.08. The summed E-state index contributed by atoms with van der Waals surface area (Å²) < 4.78 is 9.89. The molecule has 0 N–H and O–H groups in total. The zero-order chi connectivity index (χ0) is 7.40. The van der Waals surface area contributed by atoms with Crippen LogP contribution in [0.4, 0.5) is 0 Å². The molecule has 2 heteroatoms. The van der Waals surface area contributed by atoms with E-state index in [4.69, 9.17) is 9.47 Å². The van der Waals surface area contributed by atoms with Gasteiger partial charge < -0.3 is 9.47 Å². The molecule has 1 rings (SSSR count). The van der Waals surface area contributed by atoms with Crippen molar-refractivity contribution in [3.8, 4) is 0 Å². The number of methoxy groups -OCH3 is 2. The standard InChI is InChI=1S/C8H9O2/c1-9-7-4-3-5-8(6-7)10-2/h4-6H,1-2H3/q+1. The highest BCUT2D eigenvalue weighted by Crippen LogP contribution is 2.10. The van der Waals surface area contributed by atoms with Crippen molar-refractivity contribution in [2.45, 2.75) is 0 Å². The van der Waals surface area contributed by atoms with E-state index in [0.29, 0.717) is 0 Å². The Morgan fingerprint density at radius 2 is 1.90 bits per heavy atom. The van der Waals surface area contributed by atoms with Crippen LogP contribution in [0.25, 0.3) is 0 Å². The van der Waals surface area contributed by atoms with Crippen LogP contribution in [0, 0.1) is 6.08 Å². The summed E-state index contributed by atoms with van der Waals surface area (Å²) in [4.78, 5) is 0. The molecule has 0 aliphatic heterocycles. The summed E-state index contributed by atoms with van der Waals surface area (Å²) >= 11 is 0. The van der Waals surface area contributed by atoms with Gasteiger partial charge in [0, 0.05) is 6.08 Å². The molecule has 52 valence electrons. The number of rotatable bonds is 2. The van der Waals surface area contributed by atoms with E-state index in [-0.39, 0.29) is 0 Å². The predicted molar refractivity (Wildman–Crippen MR) is 38.0 cm³/mol. The van der Waals surface area contributed by atoms with Crippen molar-refractivity contribution in [1.29, 1.82) is 0 Å². The third kappa shape index (κ3) is 1.36. The minimum atomic E-state index is 0.763. The first-order valence-corrected chi connectivity index (χ1v) is 2.96. The average molecular weight is 137 g/mol. The summed E-state index contributed by atoms with van der Waals surface area (Å²) in [7, 11) is 3.23. The summed E-state index contributed by atoms with van der Waals surface area (Å²) in [5.41, 5.74) is 0. The first kappa shape index (κ1) is 6.84. The van der Waals surface area contributed by atoms with E-state index < -0.39 is 0 Å². The van der Waals surface area contributed by atoms with Crippen LogP contribution in [0.15, 0.2) is 29.7 Å². The molecule has 0 amide bonds. The second-order valence-electron chi connectivity index (χ2n) is 1.81. The molecule has 0 aromatic heterocycles. The van der Waals surface area contributed by atoms with Gasteiger partial charge in [-0.3, -0.25) is 0 Å². The van der Waals surface area contributed by atoms with Crippen molar-refractivity contribution < 1.29 is 9.47 Å². The molecule has 0 unspecified atom stereocenters. The quantitative estimate of drug-likeness (QED) is 0.536. The summed E-state index contributed by atoms with van der Waals surface area (Å²) in [6, 6.07) is 0. The molecule has 0 saturated carbocycles. The van der Waals surface area contributed by atoms with Crippen LogP contribution < -0.4 is 0 Å². The Balaban J connectivity index is 2.74. The zero-order valence-electron chi connectivity index (χ0n) is 6.05. The van der Waals surface area contributed by atoms with Gasteiger partial charge in [0.05, 0.1) is 14.2 Å². The Morgan fingerprint density at radius 1 is 1.20 bits per heavy atom. The predicted octanol–water partition coefficient (Wildman–Crippen LogP) is 1.42. The van der Waals surface area contributed by atoms with E-state index >= 15 is 0 Å². The minimum Gasteiger partial charge on any atom is -0.437 e. The van der Waals surface area contributed by atoms with Crippen LogP contribution in [-0.2, 0) is 9.47 Å². The average Bonchev–Trinajstić information content (AvgIpc) is 2.05. The molecule has 10 heavy (non-hydrogen) atoms. The van der Waals surface area contributed by atoms with Gasteiger partial charge in [-0.05, 0) is 0 Å².